The molecular weight excluding hydrogens is 334 g/mol. The summed E-state index contributed by atoms with van der Waals surface area (Å²) in [4.78, 5) is 1.47. The molecule has 0 bridgehead atoms. The molecule has 1 saturated carbocycles. The molecule has 0 aliphatic heterocycles. The average molecular weight is 360 g/mol. The highest BCUT2D eigenvalue weighted by atomic mass is 79.9. The third kappa shape index (κ3) is 4.30. The van der Waals surface area contributed by atoms with Gasteiger partial charge in [-0.2, -0.15) is 0 Å². The van der Waals surface area contributed by atoms with Gasteiger partial charge in [0.25, 0.3) is 0 Å². The minimum atomic E-state index is 0.512. The lowest BCUT2D eigenvalue weighted by molar-refractivity contribution is -0.0290. The first kappa shape index (κ1) is 16.5. The van der Waals surface area contributed by atoms with E-state index in [1.54, 1.807) is 0 Å². The Morgan fingerprint density at radius 1 is 1.45 bits per heavy atom. The molecule has 1 aliphatic carbocycles. The van der Waals surface area contributed by atoms with Gasteiger partial charge in [0, 0.05) is 17.5 Å². The fourth-order valence-corrected chi connectivity index (χ4v) is 4.51. The van der Waals surface area contributed by atoms with Crippen LogP contribution in [0.2, 0.25) is 0 Å². The summed E-state index contributed by atoms with van der Waals surface area (Å²) in [6.45, 7) is 8.45. The van der Waals surface area contributed by atoms with Crippen LogP contribution in [0.5, 0.6) is 0 Å². The van der Waals surface area contributed by atoms with Crippen molar-refractivity contribution in [1.82, 2.24) is 5.32 Å². The maximum Gasteiger partial charge on any atom is 0.0731 e. The first-order valence-corrected chi connectivity index (χ1v) is 9.35. The lowest BCUT2D eigenvalue weighted by atomic mass is 9.78. The minimum Gasteiger partial charge on any atom is -0.378 e. The maximum atomic E-state index is 5.67. The summed E-state index contributed by atoms with van der Waals surface area (Å²) in [6, 6.07) is 2.85. The predicted molar refractivity (Wildman–Crippen MR) is 90.5 cm³/mol. The number of aryl methyl sites for hydroxylation is 1. The Hall–Kier alpha value is 0.1000. The topological polar surface area (TPSA) is 21.3 Å². The smallest absolute Gasteiger partial charge is 0.0731 e. The highest BCUT2D eigenvalue weighted by molar-refractivity contribution is 9.11. The molecule has 0 spiro atoms. The van der Waals surface area contributed by atoms with E-state index in [-0.39, 0.29) is 0 Å². The van der Waals surface area contributed by atoms with E-state index in [1.165, 1.54) is 39.9 Å². The molecule has 2 nitrogen and oxygen atoms in total. The van der Waals surface area contributed by atoms with Gasteiger partial charge in [0.15, 0.2) is 0 Å². The summed E-state index contributed by atoms with van der Waals surface area (Å²) >= 11 is 5.53. The van der Waals surface area contributed by atoms with Crippen molar-refractivity contribution in [3.63, 3.8) is 0 Å². The van der Waals surface area contributed by atoms with E-state index in [4.69, 9.17) is 4.74 Å². The number of hydrogen-bond donors (Lipinski definition) is 1. The van der Waals surface area contributed by atoms with Gasteiger partial charge in [0.1, 0.15) is 0 Å². The first-order valence-electron chi connectivity index (χ1n) is 7.74. The van der Waals surface area contributed by atoms with Crippen LogP contribution in [0.3, 0.4) is 0 Å². The Morgan fingerprint density at radius 2 is 2.20 bits per heavy atom. The third-order valence-corrected chi connectivity index (χ3v) is 6.27. The van der Waals surface area contributed by atoms with Gasteiger partial charge in [0.2, 0.25) is 0 Å². The molecule has 1 aromatic heterocycles. The number of halogens is 1. The SMILES string of the molecule is CCCNC(CC1CC(OCC)C1)c1cc(C)c(Br)s1. The molecule has 0 aromatic carbocycles. The standard InChI is InChI=1S/C16H26BrNOS/c1-4-6-18-14(15-7-11(3)16(17)20-15)10-12-8-13(9-12)19-5-2/h7,12-14,18H,4-6,8-10H2,1-3H3. The normalized spacial score (nSPS) is 23.6. The molecule has 0 amide bonds. The Balaban J connectivity index is 1.91. The van der Waals surface area contributed by atoms with E-state index in [2.05, 4.69) is 48.1 Å². The van der Waals surface area contributed by atoms with Crippen molar-refractivity contribution in [3.05, 3.63) is 20.3 Å². The predicted octanol–water partition coefficient (Wildman–Crippen LogP) is 5.06. The van der Waals surface area contributed by atoms with Crippen molar-refractivity contribution >= 4 is 27.3 Å². The monoisotopic (exact) mass is 359 g/mol. The number of thiophene rings is 1. The van der Waals surface area contributed by atoms with Gasteiger partial charge in [-0.15, -0.1) is 11.3 Å². The zero-order valence-electron chi connectivity index (χ0n) is 12.7. The van der Waals surface area contributed by atoms with Gasteiger partial charge in [0.05, 0.1) is 9.89 Å². The van der Waals surface area contributed by atoms with Gasteiger partial charge >= 0.3 is 0 Å². The third-order valence-electron chi connectivity index (χ3n) is 4.02. The Labute approximate surface area is 135 Å². The number of rotatable bonds is 8. The molecule has 0 radical (unpaired) electrons. The lowest BCUT2D eigenvalue weighted by Gasteiger charge is -2.37. The largest absolute Gasteiger partial charge is 0.378 e. The van der Waals surface area contributed by atoms with Crippen molar-refractivity contribution in [2.45, 2.75) is 58.6 Å². The van der Waals surface area contributed by atoms with Crippen LogP contribution >= 0.6 is 27.3 Å². The van der Waals surface area contributed by atoms with Crippen molar-refractivity contribution < 1.29 is 4.74 Å². The fourth-order valence-electron chi connectivity index (χ4n) is 2.85. The van der Waals surface area contributed by atoms with E-state index >= 15 is 0 Å². The molecule has 114 valence electrons. The van der Waals surface area contributed by atoms with Gasteiger partial charge in [-0.3, -0.25) is 0 Å². The summed E-state index contributed by atoms with van der Waals surface area (Å²) in [6.07, 6.45) is 5.44. The maximum absolute atomic E-state index is 5.67. The van der Waals surface area contributed by atoms with Crippen molar-refractivity contribution in [2.75, 3.05) is 13.2 Å². The van der Waals surface area contributed by atoms with Crippen LogP contribution in [0, 0.1) is 12.8 Å². The van der Waals surface area contributed by atoms with E-state index in [0.717, 1.165) is 19.1 Å². The second kappa shape index (κ2) is 7.92. The van der Waals surface area contributed by atoms with E-state index in [1.807, 2.05) is 11.3 Å². The summed E-state index contributed by atoms with van der Waals surface area (Å²) in [7, 11) is 0. The van der Waals surface area contributed by atoms with Crippen LogP contribution in [-0.2, 0) is 4.74 Å². The van der Waals surface area contributed by atoms with E-state index in [9.17, 15) is 0 Å². The van der Waals surface area contributed by atoms with Gasteiger partial charge < -0.3 is 10.1 Å². The van der Waals surface area contributed by atoms with Crippen molar-refractivity contribution in [1.29, 1.82) is 0 Å². The molecule has 1 fully saturated rings. The number of ether oxygens (including phenoxy) is 1. The van der Waals surface area contributed by atoms with E-state index in [0.29, 0.717) is 12.1 Å². The first-order chi connectivity index (χ1) is 9.63. The van der Waals surface area contributed by atoms with Gasteiger partial charge in [-0.05, 0) is 79.6 Å². The summed E-state index contributed by atoms with van der Waals surface area (Å²) in [5.74, 6) is 0.821. The highest BCUT2D eigenvalue weighted by Gasteiger charge is 2.32. The highest BCUT2D eigenvalue weighted by Crippen LogP contribution is 2.40. The Morgan fingerprint density at radius 3 is 2.75 bits per heavy atom. The molecular formula is C16H26BrNOS. The number of nitrogens with one attached hydrogen (secondary N) is 1. The molecule has 1 heterocycles. The fraction of sp³-hybridized carbons (Fsp3) is 0.750. The van der Waals surface area contributed by atoms with Crippen LogP contribution in [-0.4, -0.2) is 19.3 Å². The molecule has 1 N–H and O–H groups in total. The van der Waals surface area contributed by atoms with Crippen LogP contribution in [0.25, 0.3) is 0 Å². The molecule has 1 aromatic rings. The molecule has 1 atom stereocenters. The second-order valence-corrected chi connectivity index (χ2v) is 8.16. The number of hydrogen-bond acceptors (Lipinski definition) is 3. The summed E-state index contributed by atoms with van der Waals surface area (Å²) in [5, 5.41) is 3.72. The molecule has 20 heavy (non-hydrogen) atoms. The van der Waals surface area contributed by atoms with Crippen molar-refractivity contribution in [2.24, 2.45) is 5.92 Å². The van der Waals surface area contributed by atoms with Crippen molar-refractivity contribution in [3.8, 4) is 0 Å². The summed E-state index contributed by atoms with van der Waals surface area (Å²) in [5.41, 5.74) is 1.36. The van der Waals surface area contributed by atoms with Crippen LogP contribution in [0.4, 0.5) is 0 Å². The zero-order valence-corrected chi connectivity index (χ0v) is 15.1. The van der Waals surface area contributed by atoms with Crippen LogP contribution in [0.1, 0.15) is 56.0 Å². The minimum absolute atomic E-state index is 0.512. The summed E-state index contributed by atoms with van der Waals surface area (Å²) < 4.78 is 6.95. The molecule has 0 saturated heterocycles. The molecule has 1 unspecified atom stereocenters. The zero-order chi connectivity index (χ0) is 14.5. The van der Waals surface area contributed by atoms with Crippen LogP contribution in [0.15, 0.2) is 9.85 Å². The molecule has 2 rings (SSSR count). The molecule has 4 heteroatoms. The quantitative estimate of drug-likeness (QED) is 0.699. The van der Waals surface area contributed by atoms with E-state index < -0.39 is 0 Å². The average Bonchev–Trinajstić information content (AvgIpc) is 2.71. The lowest BCUT2D eigenvalue weighted by Crippen LogP contribution is -2.34. The Bertz CT molecular complexity index is 395. The second-order valence-electron chi connectivity index (χ2n) is 5.76. The van der Waals surface area contributed by atoms with Crippen LogP contribution < -0.4 is 5.32 Å². The Kier molecular flexibility index (Phi) is 6.53. The van der Waals surface area contributed by atoms with Gasteiger partial charge in [-0.1, -0.05) is 6.92 Å². The van der Waals surface area contributed by atoms with Gasteiger partial charge in [-0.25, -0.2) is 0 Å². The molecule has 1 aliphatic rings.